The maximum Gasteiger partial charge on any atom is 0.243 e. The van der Waals surface area contributed by atoms with Crippen molar-refractivity contribution >= 4 is 37.1 Å². The predicted molar refractivity (Wildman–Crippen MR) is 71.2 cm³/mol. The van der Waals surface area contributed by atoms with Crippen molar-refractivity contribution in [2.45, 2.75) is 19.0 Å². The van der Waals surface area contributed by atoms with Gasteiger partial charge in [0.05, 0.1) is 6.04 Å². The molecule has 5 nitrogen and oxygen atoms in total. The summed E-state index contributed by atoms with van der Waals surface area (Å²) >= 11 is 8.09. The number of carbonyl (C=O) groups is 2. The monoisotopic (exact) mass is 265 g/mol. The largest absolute Gasteiger partial charge is 0.357 e. The number of amides is 2. The molecule has 0 saturated heterocycles. The molecule has 0 radical (unpaired) electrons. The maximum atomic E-state index is 11.7. The van der Waals surface area contributed by atoms with Crippen LogP contribution in [0, 0.1) is 0 Å². The molecule has 0 bridgehead atoms. The SMILES string of the molecule is CCN[C@H](CS)C(=O)N[C@H](CS)C(=O)NC. The normalized spacial score (nSPS) is 14.0. The van der Waals surface area contributed by atoms with Gasteiger partial charge in [0, 0.05) is 18.6 Å². The van der Waals surface area contributed by atoms with Crippen molar-refractivity contribution in [3.05, 3.63) is 0 Å². The van der Waals surface area contributed by atoms with E-state index < -0.39 is 6.04 Å². The zero-order valence-corrected chi connectivity index (χ0v) is 11.3. The molecule has 0 unspecified atom stereocenters. The summed E-state index contributed by atoms with van der Waals surface area (Å²) in [5, 5.41) is 8.06. The minimum atomic E-state index is -0.609. The molecule has 0 rings (SSSR count). The highest BCUT2D eigenvalue weighted by atomic mass is 32.1. The summed E-state index contributed by atoms with van der Waals surface area (Å²) in [6.07, 6.45) is 0. The number of rotatable bonds is 7. The molecule has 0 aromatic rings. The summed E-state index contributed by atoms with van der Waals surface area (Å²) in [6, 6.07) is -0.998. The number of carbonyl (C=O) groups excluding carboxylic acids is 2. The van der Waals surface area contributed by atoms with Gasteiger partial charge < -0.3 is 16.0 Å². The van der Waals surface area contributed by atoms with Crippen LogP contribution < -0.4 is 16.0 Å². The van der Waals surface area contributed by atoms with Gasteiger partial charge in [-0.1, -0.05) is 6.92 Å². The lowest BCUT2D eigenvalue weighted by Crippen LogP contribution is -2.53. The molecule has 3 N–H and O–H groups in total. The highest BCUT2D eigenvalue weighted by Gasteiger charge is 2.22. The molecule has 94 valence electrons. The van der Waals surface area contributed by atoms with Crippen LogP contribution in [-0.4, -0.2) is 49.0 Å². The fourth-order valence-corrected chi connectivity index (χ4v) is 1.68. The van der Waals surface area contributed by atoms with E-state index in [-0.39, 0.29) is 23.6 Å². The summed E-state index contributed by atoms with van der Waals surface area (Å²) in [6.45, 7) is 2.57. The van der Waals surface area contributed by atoms with Gasteiger partial charge in [0.25, 0.3) is 0 Å². The van der Waals surface area contributed by atoms with E-state index in [9.17, 15) is 9.59 Å². The third-order valence-corrected chi connectivity index (χ3v) is 2.74. The Bertz CT molecular complexity index is 239. The van der Waals surface area contributed by atoms with Crippen molar-refractivity contribution in [2.24, 2.45) is 0 Å². The average Bonchev–Trinajstić information content (AvgIpc) is 2.31. The maximum absolute atomic E-state index is 11.7. The summed E-state index contributed by atoms with van der Waals surface area (Å²) in [4.78, 5) is 23.1. The highest BCUT2D eigenvalue weighted by molar-refractivity contribution is 7.80. The van der Waals surface area contributed by atoms with Gasteiger partial charge in [-0.3, -0.25) is 9.59 Å². The molecular weight excluding hydrogens is 246 g/mol. The molecule has 0 aromatic carbocycles. The van der Waals surface area contributed by atoms with Gasteiger partial charge in [0.15, 0.2) is 0 Å². The van der Waals surface area contributed by atoms with Crippen LogP contribution in [0.2, 0.25) is 0 Å². The number of hydrogen-bond donors (Lipinski definition) is 5. The molecular formula is C9H19N3O2S2. The van der Waals surface area contributed by atoms with Crippen LogP contribution >= 0.6 is 25.3 Å². The summed E-state index contributed by atoms with van der Waals surface area (Å²) in [5.41, 5.74) is 0. The Morgan fingerprint density at radius 3 is 2.06 bits per heavy atom. The summed E-state index contributed by atoms with van der Waals surface area (Å²) in [7, 11) is 1.52. The lowest BCUT2D eigenvalue weighted by Gasteiger charge is -2.19. The zero-order valence-electron chi connectivity index (χ0n) is 9.49. The quantitative estimate of drug-likeness (QED) is 0.386. The topological polar surface area (TPSA) is 70.2 Å². The van der Waals surface area contributed by atoms with Crippen molar-refractivity contribution in [3.8, 4) is 0 Å². The molecule has 0 heterocycles. The van der Waals surface area contributed by atoms with E-state index in [1.807, 2.05) is 6.92 Å². The fourth-order valence-electron chi connectivity index (χ4n) is 1.13. The molecule has 0 aliphatic rings. The minimum Gasteiger partial charge on any atom is -0.357 e. The molecule has 0 spiro atoms. The third kappa shape index (κ3) is 5.09. The van der Waals surface area contributed by atoms with E-state index in [0.29, 0.717) is 12.3 Å². The molecule has 0 aromatic heterocycles. The average molecular weight is 265 g/mol. The first-order valence-electron chi connectivity index (χ1n) is 5.07. The van der Waals surface area contributed by atoms with E-state index >= 15 is 0 Å². The molecule has 0 aliphatic carbocycles. The van der Waals surface area contributed by atoms with Crippen molar-refractivity contribution in [1.82, 2.24) is 16.0 Å². The van der Waals surface area contributed by atoms with Crippen LogP contribution in [-0.2, 0) is 9.59 Å². The predicted octanol–water partition coefficient (Wildman–Crippen LogP) is -0.945. The van der Waals surface area contributed by atoms with Gasteiger partial charge in [-0.05, 0) is 6.54 Å². The van der Waals surface area contributed by atoms with Crippen molar-refractivity contribution < 1.29 is 9.59 Å². The Labute approximate surface area is 107 Å². The Morgan fingerprint density at radius 1 is 1.12 bits per heavy atom. The molecule has 0 aliphatic heterocycles. The lowest BCUT2D eigenvalue weighted by molar-refractivity contribution is -0.128. The second kappa shape index (κ2) is 8.72. The number of thiol groups is 2. The molecule has 16 heavy (non-hydrogen) atoms. The second-order valence-corrected chi connectivity index (χ2v) is 3.88. The van der Waals surface area contributed by atoms with Crippen molar-refractivity contribution in [1.29, 1.82) is 0 Å². The Hall–Kier alpha value is -0.400. The van der Waals surface area contributed by atoms with Crippen LogP contribution in [0.25, 0.3) is 0 Å². The second-order valence-electron chi connectivity index (χ2n) is 3.15. The van der Waals surface area contributed by atoms with E-state index in [1.54, 1.807) is 0 Å². The Balaban J connectivity index is 4.32. The molecule has 0 fully saturated rings. The summed E-state index contributed by atoms with van der Waals surface area (Å²) < 4.78 is 0. The first-order chi connectivity index (χ1) is 7.60. The summed E-state index contributed by atoms with van der Waals surface area (Å²) in [5.74, 6) is 0.154. The fraction of sp³-hybridized carbons (Fsp3) is 0.778. The first-order valence-corrected chi connectivity index (χ1v) is 6.34. The minimum absolute atomic E-state index is 0.237. The molecule has 2 atom stereocenters. The van der Waals surface area contributed by atoms with Gasteiger partial charge in [-0.25, -0.2) is 0 Å². The van der Waals surface area contributed by atoms with Gasteiger partial charge in [0.1, 0.15) is 6.04 Å². The molecule has 7 heteroatoms. The smallest absolute Gasteiger partial charge is 0.243 e. The van der Waals surface area contributed by atoms with Gasteiger partial charge in [-0.15, -0.1) is 0 Å². The number of hydrogen-bond acceptors (Lipinski definition) is 5. The molecule has 2 amide bonds. The lowest BCUT2D eigenvalue weighted by atomic mass is 10.2. The Kier molecular flexibility index (Phi) is 8.50. The van der Waals surface area contributed by atoms with Gasteiger partial charge in [0.2, 0.25) is 11.8 Å². The number of nitrogens with one attached hydrogen (secondary N) is 3. The first kappa shape index (κ1) is 15.6. The Morgan fingerprint density at radius 2 is 1.69 bits per heavy atom. The van der Waals surface area contributed by atoms with Crippen molar-refractivity contribution in [2.75, 3.05) is 25.1 Å². The van der Waals surface area contributed by atoms with Crippen LogP contribution in [0.1, 0.15) is 6.92 Å². The zero-order chi connectivity index (χ0) is 12.6. The number of likely N-dealkylation sites (N-methyl/N-ethyl adjacent to an activating group) is 2. The molecule has 0 saturated carbocycles. The van der Waals surface area contributed by atoms with E-state index in [4.69, 9.17) is 0 Å². The standard InChI is InChI=1S/C9H19N3O2S2/c1-3-11-6(4-15)9(14)12-7(5-16)8(13)10-2/h6-7,11,15-16H,3-5H2,1-2H3,(H,10,13)(H,12,14)/t6-,7-/m1/s1. The van der Waals surface area contributed by atoms with E-state index in [1.165, 1.54) is 7.05 Å². The van der Waals surface area contributed by atoms with E-state index in [2.05, 4.69) is 41.2 Å². The highest BCUT2D eigenvalue weighted by Crippen LogP contribution is 1.93. The van der Waals surface area contributed by atoms with Gasteiger partial charge >= 0.3 is 0 Å². The van der Waals surface area contributed by atoms with Crippen LogP contribution in [0.3, 0.4) is 0 Å². The van der Waals surface area contributed by atoms with Gasteiger partial charge in [-0.2, -0.15) is 25.3 Å². The van der Waals surface area contributed by atoms with E-state index in [0.717, 1.165) is 0 Å². The van der Waals surface area contributed by atoms with Crippen LogP contribution in [0.4, 0.5) is 0 Å². The van der Waals surface area contributed by atoms with Crippen LogP contribution in [0.15, 0.2) is 0 Å². The van der Waals surface area contributed by atoms with Crippen molar-refractivity contribution in [3.63, 3.8) is 0 Å². The van der Waals surface area contributed by atoms with Crippen LogP contribution in [0.5, 0.6) is 0 Å². The third-order valence-electron chi connectivity index (χ3n) is 2.01.